The maximum absolute atomic E-state index is 12.9. The normalized spacial score (nSPS) is 15.8. The molecular weight excluding hydrogens is 423 g/mol. The summed E-state index contributed by atoms with van der Waals surface area (Å²) in [5.74, 6) is 1.15. The van der Waals surface area contributed by atoms with Gasteiger partial charge in [-0.2, -0.15) is 0 Å². The molecule has 8 heteroatoms. The number of ether oxygens (including phenoxy) is 1. The molecule has 1 aliphatic heterocycles. The van der Waals surface area contributed by atoms with Gasteiger partial charge in [-0.15, -0.1) is 0 Å². The standard InChI is InChI=1S/C22H22Cl2N4O2/c1-3-19-26-21-20(27(19)13-30-12-15-7-5-4-6-8-15)22(29)25-14(2)28(21)18-10-9-16(23)11-17(18)24/h4-11,14H,3,12-13H2,1-2H3,(H,25,29). The number of anilines is 2. The number of aryl methyl sites for hydroxylation is 1. The van der Waals surface area contributed by atoms with Gasteiger partial charge in [0, 0.05) is 11.4 Å². The average Bonchev–Trinajstić information content (AvgIpc) is 3.09. The Hall–Kier alpha value is -2.54. The second-order valence-corrected chi connectivity index (χ2v) is 7.90. The van der Waals surface area contributed by atoms with Crippen molar-refractivity contribution in [2.24, 2.45) is 0 Å². The first-order valence-corrected chi connectivity index (χ1v) is 10.5. The quantitative estimate of drug-likeness (QED) is 0.570. The molecule has 1 N–H and O–H groups in total. The molecular formula is C22H22Cl2N4O2. The van der Waals surface area contributed by atoms with E-state index in [0.29, 0.717) is 34.6 Å². The fourth-order valence-electron chi connectivity index (χ4n) is 3.62. The van der Waals surface area contributed by atoms with Crippen molar-refractivity contribution in [1.82, 2.24) is 14.9 Å². The lowest BCUT2D eigenvalue weighted by Gasteiger charge is -2.35. The Morgan fingerprint density at radius 3 is 2.63 bits per heavy atom. The van der Waals surface area contributed by atoms with Gasteiger partial charge in [-0.05, 0) is 30.7 Å². The molecule has 1 aliphatic rings. The maximum Gasteiger partial charge on any atom is 0.273 e. The van der Waals surface area contributed by atoms with Crippen LogP contribution < -0.4 is 10.2 Å². The summed E-state index contributed by atoms with van der Waals surface area (Å²) in [4.78, 5) is 19.6. The topological polar surface area (TPSA) is 59.4 Å². The number of aromatic nitrogens is 2. The predicted octanol–water partition coefficient (Wildman–Crippen LogP) is 5.15. The molecule has 30 heavy (non-hydrogen) atoms. The Balaban J connectivity index is 1.69. The van der Waals surface area contributed by atoms with E-state index < -0.39 is 0 Å². The summed E-state index contributed by atoms with van der Waals surface area (Å²) < 4.78 is 7.74. The summed E-state index contributed by atoms with van der Waals surface area (Å²) in [5.41, 5.74) is 2.26. The molecule has 0 radical (unpaired) electrons. The molecule has 156 valence electrons. The highest BCUT2D eigenvalue weighted by atomic mass is 35.5. The number of benzene rings is 2. The van der Waals surface area contributed by atoms with Gasteiger partial charge in [0.15, 0.2) is 11.5 Å². The van der Waals surface area contributed by atoms with Crippen molar-refractivity contribution in [1.29, 1.82) is 0 Å². The van der Waals surface area contributed by atoms with Crippen molar-refractivity contribution in [3.8, 4) is 0 Å². The molecule has 3 aromatic rings. The first-order valence-electron chi connectivity index (χ1n) is 9.75. The minimum Gasteiger partial charge on any atom is -0.356 e. The Labute approximate surface area is 185 Å². The van der Waals surface area contributed by atoms with Crippen LogP contribution in [0.25, 0.3) is 0 Å². The fourth-order valence-corrected chi connectivity index (χ4v) is 4.12. The third kappa shape index (κ3) is 3.90. The van der Waals surface area contributed by atoms with Crippen molar-refractivity contribution < 1.29 is 9.53 Å². The van der Waals surface area contributed by atoms with Gasteiger partial charge in [-0.25, -0.2) is 4.98 Å². The van der Waals surface area contributed by atoms with Crippen molar-refractivity contribution in [3.05, 3.63) is 75.7 Å². The van der Waals surface area contributed by atoms with E-state index in [1.54, 1.807) is 12.1 Å². The minimum atomic E-state index is -0.318. The Kier molecular flexibility index (Phi) is 5.99. The first kappa shape index (κ1) is 20.7. The highest BCUT2D eigenvalue weighted by Crippen LogP contribution is 2.38. The second-order valence-electron chi connectivity index (χ2n) is 7.06. The third-order valence-electron chi connectivity index (χ3n) is 5.02. The summed E-state index contributed by atoms with van der Waals surface area (Å²) >= 11 is 12.5. The molecule has 1 atom stereocenters. The van der Waals surface area contributed by atoms with E-state index in [1.165, 1.54) is 0 Å². The molecule has 4 rings (SSSR count). The van der Waals surface area contributed by atoms with E-state index in [2.05, 4.69) is 5.32 Å². The maximum atomic E-state index is 12.9. The molecule has 0 saturated carbocycles. The fraction of sp³-hybridized carbons (Fsp3) is 0.273. The van der Waals surface area contributed by atoms with Crippen LogP contribution in [0.2, 0.25) is 10.0 Å². The average molecular weight is 445 g/mol. The van der Waals surface area contributed by atoms with Crippen LogP contribution in [0.5, 0.6) is 0 Å². The lowest BCUT2D eigenvalue weighted by Crippen LogP contribution is -2.49. The summed E-state index contributed by atoms with van der Waals surface area (Å²) in [6, 6.07) is 15.2. The largest absolute Gasteiger partial charge is 0.356 e. The summed E-state index contributed by atoms with van der Waals surface area (Å²) in [5, 5.41) is 4.03. The van der Waals surface area contributed by atoms with Crippen molar-refractivity contribution in [2.45, 2.75) is 39.8 Å². The molecule has 0 bridgehead atoms. The van der Waals surface area contributed by atoms with Gasteiger partial charge in [-0.3, -0.25) is 9.36 Å². The molecule has 2 heterocycles. The lowest BCUT2D eigenvalue weighted by atomic mass is 10.2. The third-order valence-corrected chi connectivity index (χ3v) is 5.55. The molecule has 2 aromatic carbocycles. The molecule has 0 fully saturated rings. The van der Waals surface area contributed by atoms with Crippen LogP contribution in [0.4, 0.5) is 11.5 Å². The minimum absolute atomic E-state index is 0.186. The number of amides is 1. The van der Waals surface area contributed by atoms with Crippen LogP contribution in [-0.2, 0) is 24.5 Å². The van der Waals surface area contributed by atoms with Crippen LogP contribution in [-0.4, -0.2) is 21.6 Å². The van der Waals surface area contributed by atoms with Crippen LogP contribution >= 0.6 is 23.2 Å². The number of hydrogen-bond donors (Lipinski definition) is 1. The predicted molar refractivity (Wildman–Crippen MR) is 118 cm³/mol. The van der Waals surface area contributed by atoms with Gasteiger partial charge < -0.3 is 15.0 Å². The summed E-state index contributed by atoms with van der Waals surface area (Å²) in [6.45, 7) is 4.57. The number of rotatable bonds is 6. The smallest absolute Gasteiger partial charge is 0.273 e. The Morgan fingerprint density at radius 1 is 1.17 bits per heavy atom. The van der Waals surface area contributed by atoms with E-state index in [9.17, 15) is 4.79 Å². The zero-order valence-electron chi connectivity index (χ0n) is 16.7. The monoisotopic (exact) mass is 444 g/mol. The van der Waals surface area contributed by atoms with Gasteiger partial charge in [0.2, 0.25) is 0 Å². The number of hydrogen-bond acceptors (Lipinski definition) is 4. The first-order chi connectivity index (χ1) is 14.5. The molecule has 1 aromatic heterocycles. The van der Waals surface area contributed by atoms with Crippen molar-refractivity contribution in [3.63, 3.8) is 0 Å². The number of fused-ring (bicyclic) bond motifs is 1. The molecule has 1 amide bonds. The Bertz CT molecular complexity index is 1070. The molecule has 0 aliphatic carbocycles. The van der Waals surface area contributed by atoms with E-state index in [4.69, 9.17) is 32.9 Å². The lowest BCUT2D eigenvalue weighted by molar-refractivity contribution is 0.0584. The van der Waals surface area contributed by atoms with Crippen molar-refractivity contribution >= 4 is 40.6 Å². The SMILES string of the molecule is CCc1nc2c(n1COCc1ccccc1)C(=O)NC(C)N2c1ccc(Cl)cc1Cl. The second kappa shape index (κ2) is 8.68. The molecule has 6 nitrogen and oxygen atoms in total. The Morgan fingerprint density at radius 2 is 1.93 bits per heavy atom. The number of imidazole rings is 1. The highest BCUT2D eigenvalue weighted by molar-refractivity contribution is 6.36. The van der Waals surface area contributed by atoms with Crippen LogP contribution in [0.3, 0.4) is 0 Å². The van der Waals surface area contributed by atoms with Crippen LogP contribution in [0, 0.1) is 0 Å². The van der Waals surface area contributed by atoms with E-state index in [1.807, 2.05) is 59.7 Å². The summed E-state index contributed by atoms with van der Waals surface area (Å²) in [7, 11) is 0. The van der Waals surface area contributed by atoms with Gasteiger partial charge in [0.1, 0.15) is 18.7 Å². The number of carbonyl (C=O) groups is 1. The molecule has 0 saturated heterocycles. The van der Waals surface area contributed by atoms with E-state index in [-0.39, 0.29) is 18.8 Å². The van der Waals surface area contributed by atoms with E-state index in [0.717, 1.165) is 17.1 Å². The summed E-state index contributed by atoms with van der Waals surface area (Å²) in [6.07, 6.45) is 0.341. The van der Waals surface area contributed by atoms with Gasteiger partial charge in [0.05, 0.1) is 17.3 Å². The zero-order valence-corrected chi connectivity index (χ0v) is 18.2. The number of carbonyl (C=O) groups excluding carboxylic acids is 1. The number of nitrogens with zero attached hydrogens (tertiary/aromatic N) is 3. The van der Waals surface area contributed by atoms with E-state index >= 15 is 0 Å². The number of halogens is 2. The van der Waals surface area contributed by atoms with Gasteiger partial charge >= 0.3 is 0 Å². The van der Waals surface area contributed by atoms with Crippen LogP contribution in [0.15, 0.2) is 48.5 Å². The van der Waals surface area contributed by atoms with Gasteiger partial charge in [0.25, 0.3) is 5.91 Å². The number of nitrogens with one attached hydrogen (secondary N) is 1. The highest BCUT2D eigenvalue weighted by Gasteiger charge is 2.36. The van der Waals surface area contributed by atoms with Crippen LogP contribution in [0.1, 0.15) is 35.7 Å². The van der Waals surface area contributed by atoms with Gasteiger partial charge in [-0.1, -0.05) is 60.5 Å². The molecule has 0 spiro atoms. The zero-order chi connectivity index (χ0) is 21.3. The van der Waals surface area contributed by atoms with Crippen molar-refractivity contribution in [2.75, 3.05) is 4.90 Å². The molecule has 1 unspecified atom stereocenters.